The summed E-state index contributed by atoms with van der Waals surface area (Å²) in [6, 6.07) is 0. The van der Waals surface area contributed by atoms with Crippen LogP contribution in [0.5, 0.6) is 0 Å². The van der Waals surface area contributed by atoms with Crippen molar-refractivity contribution in [2.24, 2.45) is 16.7 Å². The summed E-state index contributed by atoms with van der Waals surface area (Å²) in [6.45, 7) is 8.95. The molecule has 1 heteroatoms. The van der Waals surface area contributed by atoms with Crippen LogP contribution >= 0.6 is 0 Å². The molecular weight excluding hydrogens is 124 g/mol. The lowest BCUT2D eigenvalue weighted by Gasteiger charge is -2.04. The maximum atomic E-state index is 10.2. The Labute approximate surface area is 62.8 Å². The van der Waals surface area contributed by atoms with Crippen molar-refractivity contribution in [3.8, 4) is 0 Å². The summed E-state index contributed by atoms with van der Waals surface area (Å²) in [5.74, 6) is 0.609. The molecule has 0 heterocycles. The number of aldehydes is 1. The van der Waals surface area contributed by atoms with Crippen molar-refractivity contribution >= 4 is 6.29 Å². The highest BCUT2D eigenvalue weighted by atomic mass is 16.1. The highest BCUT2D eigenvalue weighted by Gasteiger charge is 2.63. The molecule has 0 radical (unpaired) electrons. The van der Waals surface area contributed by atoms with E-state index in [-0.39, 0.29) is 0 Å². The minimum atomic E-state index is 0.383. The highest BCUT2D eigenvalue weighted by molar-refractivity contribution is 5.51. The van der Waals surface area contributed by atoms with Gasteiger partial charge in [-0.3, -0.25) is 0 Å². The summed E-state index contributed by atoms with van der Waals surface area (Å²) in [4.78, 5) is 10.2. The lowest BCUT2D eigenvalue weighted by atomic mass is 10.0. The van der Waals surface area contributed by atoms with Crippen molar-refractivity contribution in [1.29, 1.82) is 0 Å². The molecule has 10 heavy (non-hydrogen) atoms. The van der Waals surface area contributed by atoms with E-state index in [0.29, 0.717) is 16.7 Å². The Morgan fingerprint density at radius 1 is 1.20 bits per heavy atom. The fraction of sp³-hybridized carbons (Fsp3) is 0.889. The predicted octanol–water partition coefficient (Wildman–Crippen LogP) is 2.26. The summed E-state index contributed by atoms with van der Waals surface area (Å²) in [7, 11) is 0. The van der Waals surface area contributed by atoms with Gasteiger partial charge in [-0.05, 0) is 16.7 Å². The molecule has 1 aliphatic rings. The number of carbonyl (C=O) groups is 1. The predicted molar refractivity (Wildman–Crippen MR) is 41.7 cm³/mol. The normalized spacial score (nSPS) is 28.0. The minimum absolute atomic E-state index is 0.383. The third-order valence-electron chi connectivity index (χ3n) is 3.65. The van der Waals surface area contributed by atoms with Gasteiger partial charge in [0, 0.05) is 6.42 Å². The fourth-order valence-electron chi connectivity index (χ4n) is 2.02. The van der Waals surface area contributed by atoms with Crippen LogP contribution in [0.2, 0.25) is 0 Å². The Kier molecular flexibility index (Phi) is 1.43. The molecule has 0 aromatic carbocycles. The molecule has 58 valence electrons. The molecule has 0 bridgehead atoms. The van der Waals surface area contributed by atoms with Gasteiger partial charge in [0.05, 0.1) is 0 Å². The number of hydrogen-bond donors (Lipinski definition) is 0. The second-order valence-corrected chi connectivity index (χ2v) is 4.40. The first-order valence-electron chi connectivity index (χ1n) is 3.88. The molecule has 1 rings (SSSR count). The van der Waals surface area contributed by atoms with E-state index in [2.05, 4.69) is 27.7 Å². The number of hydrogen-bond acceptors (Lipinski definition) is 1. The van der Waals surface area contributed by atoms with Crippen LogP contribution < -0.4 is 0 Å². The highest BCUT2D eigenvalue weighted by Crippen LogP contribution is 2.69. The van der Waals surface area contributed by atoms with Crippen LogP contribution in [0, 0.1) is 16.7 Å². The van der Waals surface area contributed by atoms with E-state index >= 15 is 0 Å². The van der Waals surface area contributed by atoms with E-state index in [9.17, 15) is 4.79 Å². The maximum Gasteiger partial charge on any atom is 0.120 e. The molecule has 0 atom stereocenters. The lowest BCUT2D eigenvalue weighted by Crippen LogP contribution is -1.95. The molecule has 1 saturated carbocycles. The monoisotopic (exact) mass is 140 g/mol. The van der Waals surface area contributed by atoms with Gasteiger partial charge in [-0.15, -0.1) is 0 Å². The summed E-state index contributed by atoms with van der Waals surface area (Å²) in [5.41, 5.74) is 0.766. The van der Waals surface area contributed by atoms with Gasteiger partial charge < -0.3 is 4.79 Å². The Morgan fingerprint density at radius 3 is 1.70 bits per heavy atom. The minimum Gasteiger partial charge on any atom is -0.303 e. The molecule has 0 spiro atoms. The molecule has 1 aliphatic carbocycles. The van der Waals surface area contributed by atoms with E-state index < -0.39 is 0 Å². The zero-order valence-corrected chi connectivity index (χ0v) is 7.27. The van der Waals surface area contributed by atoms with Crippen molar-refractivity contribution in [3.05, 3.63) is 0 Å². The van der Waals surface area contributed by atoms with Crippen molar-refractivity contribution in [1.82, 2.24) is 0 Å². The quantitative estimate of drug-likeness (QED) is 0.538. The van der Waals surface area contributed by atoms with E-state index in [1.807, 2.05) is 0 Å². The average Bonchev–Trinajstić information content (AvgIpc) is 2.13. The molecule has 1 nitrogen and oxygen atoms in total. The summed E-state index contributed by atoms with van der Waals surface area (Å²) in [6.07, 6.45) is 1.78. The van der Waals surface area contributed by atoms with Gasteiger partial charge in [-0.2, -0.15) is 0 Å². The molecule has 1 fully saturated rings. The van der Waals surface area contributed by atoms with Gasteiger partial charge in [0.2, 0.25) is 0 Å². The molecule has 0 amide bonds. The van der Waals surface area contributed by atoms with Gasteiger partial charge in [-0.25, -0.2) is 0 Å². The van der Waals surface area contributed by atoms with Gasteiger partial charge >= 0.3 is 0 Å². The largest absolute Gasteiger partial charge is 0.303 e. The van der Waals surface area contributed by atoms with Gasteiger partial charge in [0.1, 0.15) is 6.29 Å². The zero-order chi connectivity index (χ0) is 7.99. The second-order valence-electron chi connectivity index (χ2n) is 4.40. The molecule has 0 aromatic rings. The smallest absolute Gasteiger partial charge is 0.120 e. The molecule has 0 unspecified atom stereocenters. The maximum absolute atomic E-state index is 10.2. The standard InChI is InChI=1S/C9H16O/c1-8(2)7(5-6-10)9(8,3)4/h6-7H,5H2,1-4H3. The summed E-state index contributed by atoms with van der Waals surface area (Å²) in [5, 5.41) is 0. The van der Waals surface area contributed by atoms with Crippen LogP contribution in [-0.2, 0) is 4.79 Å². The SMILES string of the molecule is CC1(C)C(CC=O)C1(C)C. The van der Waals surface area contributed by atoms with Crippen molar-refractivity contribution in [2.75, 3.05) is 0 Å². The lowest BCUT2D eigenvalue weighted by molar-refractivity contribution is -0.108. The molecule has 0 aromatic heterocycles. The van der Waals surface area contributed by atoms with Crippen LogP contribution in [0.3, 0.4) is 0 Å². The second kappa shape index (κ2) is 1.84. The number of carbonyl (C=O) groups excluding carboxylic acids is 1. The van der Waals surface area contributed by atoms with Crippen molar-refractivity contribution < 1.29 is 4.79 Å². The van der Waals surface area contributed by atoms with Crippen LogP contribution in [-0.4, -0.2) is 6.29 Å². The Balaban J connectivity index is 2.62. The van der Waals surface area contributed by atoms with Gasteiger partial charge in [0.15, 0.2) is 0 Å². The Bertz CT molecular complexity index is 142. The van der Waals surface area contributed by atoms with E-state index in [1.54, 1.807) is 0 Å². The molecular formula is C9H16O. The zero-order valence-electron chi connectivity index (χ0n) is 7.27. The molecule has 0 aliphatic heterocycles. The van der Waals surface area contributed by atoms with Crippen molar-refractivity contribution in [2.45, 2.75) is 34.1 Å². The fourth-order valence-corrected chi connectivity index (χ4v) is 2.02. The Morgan fingerprint density at radius 2 is 1.60 bits per heavy atom. The van der Waals surface area contributed by atoms with Crippen LogP contribution in [0.15, 0.2) is 0 Å². The third kappa shape index (κ3) is 0.727. The number of rotatable bonds is 2. The van der Waals surface area contributed by atoms with Crippen LogP contribution in [0.1, 0.15) is 34.1 Å². The first-order chi connectivity index (χ1) is 4.44. The van der Waals surface area contributed by atoms with E-state index in [1.165, 1.54) is 0 Å². The van der Waals surface area contributed by atoms with Crippen molar-refractivity contribution in [3.63, 3.8) is 0 Å². The summed E-state index contributed by atoms with van der Waals surface area (Å²) >= 11 is 0. The first-order valence-corrected chi connectivity index (χ1v) is 3.88. The van der Waals surface area contributed by atoms with E-state index in [4.69, 9.17) is 0 Å². The van der Waals surface area contributed by atoms with Gasteiger partial charge in [0.25, 0.3) is 0 Å². The average molecular weight is 140 g/mol. The summed E-state index contributed by atoms with van der Waals surface area (Å²) < 4.78 is 0. The van der Waals surface area contributed by atoms with E-state index in [0.717, 1.165) is 12.7 Å². The molecule has 0 N–H and O–H groups in total. The van der Waals surface area contributed by atoms with Crippen LogP contribution in [0.4, 0.5) is 0 Å². The topological polar surface area (TPSA) is 17.1 Å². The van der Waals surface area contributed by atoms with Crippen LogP contribution in [0.25, 0.3) is 0 Å². The first kappa shape index (κ1) is 7.77. The molecule has 0 saturated heterocycles. The Hall–Kier alpha value is -0.330. The third-order valence-corrected chi connectivity index (χ3v) is 3.65. The van der Waals surface area contributed by atoms with Gasteiger partial charge in [-0.1, -0.05) is 27.7 Å².